The highest BCUT2D eigenvalue weighted by Crippen LogP contribution is 2.31. The van der Waals surface area contributed by atoms with Crippen molar-refractivity contribution in [1.82, 2.24) is 29.6 Å². The Labute approximate surface area is 170 Å². The number of rotatable bonds is 7. The lowest BCUT2D eigenvalue weighted by molar-refractivity contribution is -0.119. The fourth-order valence-corrected chi connectivity index (χ4v) is 3.86. The van der Waals surface area contributed by atoms with Gasteiger partial charge in [0.15, 0.2) is 0 Å². The number of hydrogen-bond acceptors (Lipinski definition) is 5. The minimum atomic E-state index is -0.137. The Bertz CT molecular complexity index is 1020. The lowest BCUT2D eigenvalue weighted by Gasteiger charge is -2.20. The van der Waals surface area contributed by atoms with E-state index in [9.17, 15) is 4.79 Å². The molecule has 1 unspecified atom stereocenters. The molecule has 29 heavy (non-hydrogen) atoms. The molecule has 4 heterocycles. The molecular weight excluding hydrogens is 368 g/mol. The van der Waals surface area contributed by atoms with Gasteiger partial charge in [0.05, 0.1) is 23.7 Å². The molecule has 1 amide bonds. The maximum Gasteiger partial charge on any atom is 0.241 e. The van der Waals surface area contributed by atoms with Crippen LogP contribution in [0.15, 0.2) is 24.8 Å². The molecule has 3 aromatic heterocycles. The summed E-state index contributed by atoms with van der Waals surface area (Å²) in [5.41, 5.74) is 3.41. The van der Waals surface area contributed by atoms with Crippen LogP contribution in [0, 0.1) is 5.92 Å². The summed E-state index contributed by atoms with van der Waals surface area (Å²) in [5.74, 6) is 0.749. The summed E-state index contributed by atoms with van der Waals surface area (Å²) in [6, 6.07) is 2.31. The number of amides is 1. The highest BCUT2D eigenvalue weighted by atomic mass is 16.5. The van der Waals surface area contributed by atoms with Crippen LogP contribution in [-0.2, 0) is 11.8 Å². The Morgan fingerprint density at radius 3 is 2.93 bits per heavy atom. The molecule has 0 aliphatic carbocycles. The van der Waals surface area contributed by atoms with Crippen molar-refractivity contribution in [2.24, 2.45) is 13.0 Å². The van der Waals surface area contributed by atoms with Gasteiger partial charge < -0.3 is 14.6 Å². The van der Waals surface area contributed by atoms with Gasteiger partial charge in [0.2, 0.25) is 11.8 Å². The van der Waals surface area contributed by atoms with Crippen LogP contribution < -0.4 is 10.1 Å². The van der Waals surface area contributed by atoms with E-state index >= 15 is 0 Å². The first-order chi connectivity index (χ1) is 14.0. The standard InChI is InChI=1S/C21H28N6O2/c1-5-6-13(2)27-11-16(10-24-27)17-8-18-20(26(4)12-23-18)21(25-17)29-14(3)15-7-19(28)22-9-15/h8,10-15H,5-7,9H2,1-4H3,(H,22,28)/t13?,14-,15-/m1/s1. The fourth-order valence-electron chi connectivity index (χ4n) is 3.86. The Morgan fingerprint density at radius 1 is 1.38 bits per heavy atom. The molecule has 8 nitrogen and oxygen atoms in total. The summed E-state index contributed by atoms with van der Waals surface area (Å²) < 4.78 is 10.2. The summed E-state index contributed by atoms with van der Waals surface area (Å²) in [4.78, 5) is 20.9. The molecule has 0 spiro atoms. The van der Waals surface area contributed by atoms with Gasteiger partial charge in [0.1, 0.15) is 11.6 Å². The average molecular weight is 396 g/mol. The molecule has 3 atom stereocenters. The van der Waals surface area contributed by atoms with Gasteiger partial charge in [-0.25, -0.2) is 9.97 Å². The topological polar surface area (TPSA) is 86.9 Å². The number of aryl methyl sites for hydroxylation is 1. The van der Waals surface area contributed by atoms with Crippen LogP contribution in [0.2, 0.25) is 0 Å². The molecule has 1 N–H and O–H groups in total. The number of hydrogen-bond donors (Lipinski definition) is 1. The van der Waals surface area contributed by atoms with Crippen LogP contribution in [-0.4, -0.2) is 42.9 Å². The highest BCUT2D eigenvalue weighted by molar-refractivity contribution is 5.84. The zero-order valence-corrected chi connectivity index (χ0v) is 17.4. The molecule has 0 saturated carbocycles. The Hall–Kier alpha value is -2.90. The maximum absolute atomic E-state index is 11.6. The van der Waals surface area contributed by atoms with Crippen molar-refractivity contribution in [2.75, 3.05) is 6.54 Å². The summed E-state index contributed by atoms with van der Waals surface area (Å²) in [6.07, 6.45) is 8.18. The molecule has 0 aromatic carbocycles. The van der Waals surface area contributed by atoms with Gasteiger partial charge in [-0.05, 0) is 26.3 Å². The number of aromatic nitrogens is 5. The number of pyridine rings is 1. The van der Waals surface area contributed by atoms with Gasteiger partial charge in [-0.1, -0.05) is 13.3 Å². The number of nitrogens with zero attached hydrogens (tertiary/aromatic N) is 5. The van der Waals surface area contributed by atoms with Crippen LogP contribution in [0.3, 0.4) is 0 Å². The zero-order valence-electron chi connectivity index (χ0n) is 17.4. The van der Waals surface area contributed by atoms with Crippen molar-refractivity contribution in [3.63, 3.8) is 0 Å². The number of carbonyl (C=O) groups is 1. The van der Waals surface area contributed by atoms with E-state index in [4.69, 9.17) is 9.72 Å². The quantitative estimate of drug-likeness (QED) is 0.663. The van der Waals surface area contributed by atoms with Gasteiger partial charge in [-0.2, -0.15) is 5.10 Å². The Kier molecular flexibility index (Phi) is 5.25. The SMILES string of the molecule is CCCC(C)n1cc(-c2cc3ncn(C)c3c(O[C@H](C)[C@H]3CNC(=O)C3)n2)cn1. The second-order valence-electron chi connectivity index (χ2n) is 7.97. The first-order valence-corrected chi connectivity index (χ1v) is 10.3. The minimum absolute atomic E-state index is 0.0754. The molecule has 0 bridgehead atoms. The van der Waals surface area contributed by atoms with Crippen molar-refractivity contribution in [3.05, 3.63) is 24.8 Å². The molecule has 4 rings (SSSR count). The summed E-state index contributed by atoms with van der Waals surface area (Å²) in [5, 5.41) is 7.40. The maximum atomic E-state index is 11.6. The van der Waals surface area contributed by atoms with Gasteiger partial charge in [0, 0.05) is 43.7 Å². The van der Waals surface area contributed by atoms with Crippen LogP contribution in [0.25, 0.3) is 22.3 Å². The van der Waals surface area contributed by atoms with Crippen LogP contribution in [0.1, 0.15) is 46.1 Å². The van der Waals surface area contributed by atoms with E-state index in [2.05, 4.69) is 29.2 Å². The Morgan fingerprint density at radius 2 is 2.21 bits per heavy atom. The third-order valence-electron chi connectivity index (χ3n) is 5.69. The van der Waals surface area contributed by atoms with Gasteiger partial charge >= 0.3 is 0 Å². The predicted molar refractivity (Wildman–Crippen MR) is 111 cm³/mol. The second kappa shape index (κ2) is 7.85. The molecule has 1 saturated heterocycles. The fraction of sp³-hybridized carbons (Fsp3) is 0.524. The number of ether oxygens (including phenoxy) is 1. The first-order valence-electron chi connectivity index (χ1n) is 10.3. The van der Waals surface area contributed by atoms with Gasteiger partial charge in [-0.15, -0.1) is 0 Å². The van der Waals surface area contributed by atoms with Crippen molar-refractivity contribution < 1.29 is 9.53 Å². The summed E-state index contributed by atoms with van der Waals surface area (Å²) in [7, 11) is 1.93. The van der Waals surface area contributed by atoms with E-state index in [1.807, 2.05) is 41.7 Å². The smallest absolute Gasteiger partial charge is 0.241 e. The molecule has 8 heteroatoms. The summed E-state index contributed by atoms with van der Waals surface area (Å²) >= 11 is 0. The molecule has 1 fully saturated rings. The van der Waals surface area contributed by atoms with Crippen molar-refractivity contribution >= 4 is 16.9 Å². The number of imidazole rings is 1. The number of nitrogens with one attached hydrogen (secondary N) is 1. The van der Waals surface area contributed by atoms with Crippen LogP contribution >= 0.6 is 0 Å². The third-order valence-corrected chi connectivity index (χ3v) is 5.69. The molecule has 154 valence electrons. The molecule has 0 radical (unpaired) electrons. The molecule has 3 aromatic rings. The van der Waals surface area contributed by atoms with Crippen molar-refractivity contribution in [1.29, 1.82) is 0 Å². The van der Waals surface area contributed by atoms with Gasteiger partial charge in [-0.3, -0.25) is 9.48 Å². The molecule has 1 aliphatic rings. The zero-order chi connectivity index (χ0) is 20.5. The largest absolute Gasteiger partial charge is 0.473 e. The van der Waals surface area contributed by atoms with Crippen LogP contribution in [0.5, 0.6) is 5.88 Å². The normalized spacial score (nSPS) is 18.8. The Balaban J connectivity index is 1.67. The minimum Gasteiger partial charge on any atom is -0.473 e. The molecular formula is C21H28N6O2. The second-order valence-corrected chi connectivity index (χ2v) is 7.97. The van der Waals surface area contributed by atoms with Crippen LogP contribution in [0.4, 0.5) is 0 Å². The highest BCUT2D eigenvalue weighted by Gasteiger charge is 2.29. The monoisotopic (exact) mass is 396 g/mol. The molecule has 1 aliphatic heterocycles. The lowest BCUT2D eigenvalue weighted by atomic mass is 10.0. The van der Waals surface area contributed by atoms with E-state index in [0.29, 0.717) is 24.9 Å². The van der Waals surface area contributed by atoms with E-state index in [0.717, 1.165) is 35.1 Å². The number of fused-ring (bicyclic) bond motifs is 1. The average Bonchev–Trinajstić information content (AvgIpc) is 3.42. The van der Waals surface area contributed by atoms with Crippen molar-refractivity contribution in [3.8, 4) is 17.1 Å². The summed E-state index contributed by atoms with van der Waals surface area (Å²) in [6.45, 7) is 6.97. The van der Waals surface area contributed by atoms with E-state index < -0.39 is 0 Å². The number of carbonyl (C=O) groups excluding carboxylic acids is 1. The van der Waals surface area contributed by atoms with Gasteiger partial charge in [0.25, 0.3) is 0 Å². The van der Waals surface area contributed by atoms with Crippen molar-refractivity contribution in [2.45, 2.75) is 52.2 Å². The van der Waals surface area contributed by atoms with E-state index in [-0.39, 0.29) is 17.9 Å². The lowest BCUT2D eigenvalue weighted by Crippen LogP contribution is -2.26. The first kappa shape index (κ1) is 19.4. The third kappa shape index (κ3) is 3.83. The van der Waals surface area contributed by atoms with E-state index in [1.165, 1.54) is 0 Å². The van der Waals surface area contributed by atoms with E-state index in [1.54, 1.807) is 6.33 Å². The predicted octanol–water partition coefficient (Wildman–Crippen LogP) is 3.10.